The molecule has 2 fully saturated rings. The first kappa shape index (κ1) is 25.0. The third-order valence-electron chi connectivity index (χ3n) is 5.95. The molecule has 5 nitrogen and oxygen atoms in total. The van der Waals surface area contributed by atoms with E-state index < -0.39 is 0 Å². The zero-order valence-corrected chi connectivity index (χ0v) is 20.3. The number of guanidine groups is 1. The SMILES string of the molecule is CCCCN(C)CCN=C(NCC)NC1CCN(C2CCCCC2)CC1.I. The van der Waals surface area contributed by atoms with Crippen molar-refractivity contribution in [3.8, 4) is 0 Å². The Balaban J connectivity index is 0.00000364. The lowest BCUT2D eigenvalue weighted by Crippen LogP contribution is -2.51. The highest BCUT2D eigenvalue weighted by molar-refractivity contribution is 14.0. The van der Waals surface area contributed by atoms with E-state index in [1.54, 1.807) is 0 Å². The van der Waals surface area contributed by atoms with E-state index in [9.17, 15) is 0 Å². The number of likely N-dealkylation sites (tertiary alicyclic amines) is 1. The Morgan fingerprint density at radius 2 is 1.74 bits per heavy atom. The summed E-state index contributed by atoms with van der Waals surface area (Å²) in [6, 6.07) is 1.44. The molecule has 0 spiro atoms. The second kappa shape index (κ2) is 14.9. The van der Waals surface area contributed by atoms with Gasteiger partial charge in [0.1, 0.15) is 0 Å². The van der Waals surface area contributed by atoms with Crippen molar-refractivity contribution in [2.45, 2.75) is 83.7 Å². The van der Waals surface area contributed by atoms with Crippen molar-refractivity contribution in [3.05, 3.63) is 0 Å². The zero-order chi connectivity index (χ0) is 18.6. The number of aliphatic imine (C=N–C) groups is 1. The minimum atomic E-state index is 0. The third kappa shape index (κ3) is 9.79. The number of halogens is 1. The van der Waals surface area contributed by atoms with Gasteiger partial charge in [0, 0.05) is 38.3 Å². The Bertz CT molecular complexity index is 390. The van der Waals surface area contributed by atoms with Crippen molar-refractivity contribution in [3.63, 3.8) is 0 Å². The lowest BCUT2D eigenvalue weighted by Gasteiger charge is -2.39. The molecule has 2 N–H and O–H groups in total. The molecule has 1 heterocycles. The van der Waals surface area contributed by atoms with Crippen LogP contribution in [0.4, 0.5) is 0 Å². The molecule has 1 aliphatic heterocycles. The van der Waals surface area contributed by atoms with Crippen LogP contribution >= 0.6 is 24.0 Å². The molecule has 2 aliphatic rings. The van der Waals surface area contributed by atoms with Gasteiger partial charge in [0.25, 0.3) is 0 Å². The van der Waals surface area contributed by atoms with Gasteiger partial charge >= 0.3 is 0 Å². The summed E-state index contributed by atoms with van der Waals surface area (Å²) < 4.78 is 0. The lowest BCUT2D eigenvalue weighted by molar-refractivity contribution is 0.119. The number of piperidine rings is 1. The van der Waals surface area contributed by atoms with Gasteiger partial charge in [-0.1, -0.05) is 32.6 Å². The van der Waals surface area contributed by atoms with E-state index in [1.165, 1.54) is 77.4 Å². The highest BCUT2D eigenvalue weighted by Crippen LogP contribution is 2.25. The minimum absolute atomic E-state index is 0. The van der Waals surface area contributed by atoms with Gasteiger partial charge in [-0.25, -0.2) is 0 Å². The molecule has 160 valence electrons. The Morgan fingerprint density at radius 1 is 1.04 bits per heavy atom. The van der Waals surface area contributed by atoms with Crippen LogP contribution in [0, 0.1) is 0 Å². The first-order valence-electron chi connectivity index (χ1n) is 11.2. The molecule has 0 unspecified atom stereocenters. The molecule has 0 amide bonds. The van der Waals surface area contributed by atoms with Crippen molar-refractivity contribution in [1.82, 2.24) is 20.4 Å². The predicted molar refractivity (Wildman–Crippen MR) is 128 cm³/mol. The number of rotatable bonds is 9. The van der Waals surface area contributed by atoms with Gasteiger partial charge in [-0.2, -0.15) is 0 Å². The van der Waals surface area contributed by atoms with E-state index in [0.29, 0.717) is 6.04 Å². The fourth-order valence-electron chi connectivity index (χ4n) is 4.24. The molecule has 27 heavy (non-hydrogen) atoms. The first-order valence-corrected chi connectivity index (χ1v) is 11.2. The summed E-state index contributed by atoms with van der Waals surface area (Å²) >= 11 is 0. The van der Waals surface area contributed by atoms with Crippen LogP contribution in [0.2, 0.25) is 0 Å². The maximum Gasteiger partial charge on any atom is 0.191 e. The summed E-state index contributed by atoms with van der Waals surface area (Å²) in [5.74, 6) is 1.01. The van der Waals surface area contributed by atoms with Gasteiger partial charge in [-0.3, -0.25) is 4.99 Å². The second-order valence-corrected chi connectivity index (χ2v) is 8.16. The largest absolute Gasteiger partial charge is 0.357 e. The second-order valence-electron chi connectivity index (χ2n) is 8.16. The van der Waals surface area contributed by atoms with Crippen LogP contribution < -0.4 is 10.6 Å². The minimum Gasteiger partial charge on any atom is -0.357 e. The van der Waals surface area contributed by atoms with E-state index in [0.717, 1.165) is 31.6 Å². The third-order valence-corrected chi connectivity index (χ3v) is 5.95. The molecule has 1 aliphatic carbocycles. The van der Waals surface area contributed by atoms with E-state index in [2.05, 4.69) is 41.3 Å². The number of nitrogens with zero attached hydrogens (tertiary/aromatic N) is 3. The fourth-order valence-corrected chi connectivity index (χ4v) is 4.24. The lowest BCUT2D eigenvalue weighted by atomic mass is 9.92. The van der Waals surface area contributed by atoms with Gasteiger partial charge in [-0.05, 0) is 52.6 Å². The van der Waals surface area contributed by atoms with Gasteiger partial charge in [-0.15, -0.1) is 24.0 Å². The molecule has 0 aromatic carbocycles. The number of likely N-dealkylation sites (N-methyl/N-ethyl adjacent to an activating group) is 1. The predicted octanol–water partition coefficient (Wildman–Crippen LogP) is 3.69. The standard InChI is InChI=1S/C21H43N5.HI/c1-4-6-15-25(3)18-14-23-21(22-5-2)24-19-12-16-26(17-13-19)20-10-8-7-9-11-20;/h19-20H,4-18H2,1-3H3,(H2,22,23,24);1H. The van der Waals surface area contributed by atoms with Crippen molar-refractivity contribution < 1.29 is 0 Å². The first-order chi connectivity index (χ1) is 12.7. The molecular weight excluding hydrogens is 449 g/mol. The van der Waals surface area contributed by atoms with Crippen LogP contribution in [0.3, 0.4) is 0 Å². The van der Waals surface area contributed by atoms with Crippen LogP contribution in [-0.2, 0) is 0 Å². The van der Waals surface area contributed by atoms with Crippen molar-refractivity contribution in [1.29, 1.82) is 0 Å². The van der Waals surface area contributed by atoms with Crippen molar-refractivity contribution in [2.24, 2.45) is 4.99 Å². The van der Waals surface area contributed by atoms with E-state index in [-0.39, 0.29) is 24.0 Å². The maximum absolute atomic E-state index is 4.80. The highest BCUT2D eigenvalue weighted by Gasteiger charge is 2.26. The van der Waals surface area contributed by atoms with Crippen LogP contribution in [0.25, 0.3) is 0 Å². The molecule has 0 aromatic rings. The highest BCUT2D eigenvalue weighted by atomic mass is 127. The molecule has 0 atom stereocenters. The molecule has 1 saturated carbocycles. The maximum atomic E-state index is 4.80. The summed E-state index contributed by atoms with van der Waals surface area (Å²) in [7, 11) is 2.20. The van der Waals surface area contributed by atoms with Gasteiger partial charge in [0.2, 0.25) is 0 Å². The normalized spacial score (nSPS) is 20.5. The Morgan fingerprint density at radius 3 is 2.37 bits per heavy atom. The molecule has 0 radical (unpaired) electrons. The van der Waals surface area contributed by atoms with Crippen molar-refractivity contribution in [2.75, 3.05) is 46.3 Å². The topological polar surface area (TPSA) is 42.9 Å². The van der Waals surface area contributed by atoms with Crippen LogP contribution in [0.1, 0.15) is 71.6 Å². The summed E-state index contributed by atoms with van der Waals surface area (Å²) in [6.07, 6.45) is 12.2. The van der Waals surface area contributed by atoms with Gasteiger partial charge in [0.15, 0.2) is 5.96 Å². The van der Waals surface area contributed by atoms with Crippen molar-refractivity contribution >= 4 is 29.9 Å². The Hall–Kier alpha value is -0.0800. The molecule has 6 heteroatoms. The average molecular weight is 494 g/mol. The zero-order valence-electron chi connectivity index (χ0n) is 18.0. The summed E-state index contributed by atoms with van der Waals surface area (Å²) in [4.78, 5) is 9.95. The monoisotopic (exact) mass is 493 g/mol. The van der Waals surface area contributed by atoms with Crippen LogP contribution in [-0.4, -0.2) is 74.2 Å². The van der Waals surface area contributed by atoms with Gasteiger partial charge < -0.3 is 20.4 Å². The Labute approximate surface area is 185 Å². The molecule has 0 bridgehead atoms. The quantitative estimate of drug-likeness (QED) is 0.292. The van der Waals surface area contributed by atoms with E-state index in [4.69, 9.17) is 4.99 Å². The number of unbranched alkanes of at least 4 members (excludes halogenated alkanes) is 1. The van der Waals surface area contributed by atoms with Crippen LogP contribution in [0.15, 0.2) is 4.99 Å². The summed E-state index contributed by atoms with van der Waals surface area (Å²) in [5, 5.41) is 7.12. The smallest absolute Gasteiger partial charge is 0.191 e. The van der Waals surface area contributed by atoms with Gasteiger partial charge in [0.05, 0.1) is 6.54 Å². The molecular formula is C21H44IN5. The fraction of sp³-hybridized carbons (Fsp3) is 0.952. The van der Waals surface area contributed by atoms with E-state index in [1.807, 2.05) is 0 Å². The number of hydrogen-bond acceptors (Lipinski definition) is 3. The Kier molecular flexibility index (Phi) is 13.7. The average Bonchev–Trinajstić information content (AvgIpc) is 2.68. The molecule has 1 saturated heterocycles. The van der Waals surface area contributed by atoms with E-state index >= 15 is 0 Å². The molecule has 0 aromatic heterocycles. The summed E-state index contributed by atoms with van der Waals surface area (Å²) in [5.41, 5.74) is 0. The number of hydrogen-bond donors (Lipinski definition) is 2. The number of nitrogens with one attached hydrogen (secondary N) is 2. The summed E-state index contributed by atoms with van der Waals surface area (Å²) in [6.45, 7) is 10.9. The van der Waals surface area contributed by atoms with Crippen LogP contribution in [0.5, 0.6) is 0 Å². The molecule has 2 rings (SSSR count).